The molecule has 0 atom stereocenters. The van der Waals surface area contributed by atoms with E-state index < -0.39 is 0 Å². The third-order valence-corrected chi connectivity index (χ3v) is 2.70. The van der Waals surface area contributed by atoms with Crippen LogP contribution >= 0.6 is 11.6 Å². The standard InChI is InChI=1S/C12H12ClNO/c1-8-5-10-6-9(7-15-2)3-4-11(10)14-12(8)13/h3-6H,7H2,1-2H3. The lowest BCUT2D eigenvalue weighted by molar-refractivity contribution is 0.185. The molecule has 0 fully saturated rings. The van der Waals surface area contributed by atoms with Crippen LogP contribution in [-0.4, -0.2) is 12.1 Å². The highest BCUT2D eigenvalue weighted by Crippen LogP contribution is 2.21. The van der Waals surface area contributed by atoms with Crippen molar-refractivity contribution in [2.75, 3.05) is 7.11 Å². The Kier molecular flexibility index (Phi) is 2.89. The molecule has 0 saturated heterocycles. The Balaban J connectivity index is 2.56. The summed E-state index contributed by atoms with van der Waals surface area (Å²) in [4.78, 5) is 4.30. The van der Waals surface area contributed by atoms with E-state index in [0.29, 0.717) is 11.8 Å². The van der Waals surface area contributed by atoms with Crippen LogP contribution in [0, 0.1) is 6.92 Å². The van der Waals surface area contributed by atoms with Crippen LogP contribution in [0.25, 0.3) is 10.9 Å². The van der Waals surface area contributed by atoms with Crippen LogP contribution in [0.2, 0.25) is 5.15 Å². The largest absolute Gasteiger partial charge is 0.380 e. The van der Waals surface area contributed by atoms with Crippen molar-refractivity contribution in [3.05, 3.63) is 40.5 Å². The Bertz CT molecular complexity index is 496. The summed E-state index contributed by atoms with van der Waals surface area (Å²) in [5.41, 5.74) is 3.07. The zero-order valence-corrected chi connectivity index (χ0v) is 9.51. The molecule has 1 aromatic heterocycles. The average molecular weight is 222 g/mol. The van der Waals surface area contributed by atoms with Crippen LogP contribution < -0.4 is 0 Å². The molecular formula is C12H12ClNO. The van der Waals surface area contributed by atoms with Gasteiger partial charge in [0.05, 0.1) is 12.1 Å². The molecule has 0 N–H and O–H groups in total. The molecule has 2 nitrogen and oxygen atoms in total. The van der Waals surface area contributed by atoms with Crippen LogP contribution in [0.4, 0.5) is 0 Å². The number of rotatable bonds is 2. The van der Waals surface area contributed by atoms with E-state index in [9.17, 15) is 0 Å². The van der Waals surface area contributed by atoms with Crippen LogP contribution in [0.1, 0.15) is 11.1 Å². The minimum atomic E-state index is 0.571. The number of pyridine rings is 1. The predicted octanol–water partition coefficient (Wildman–Crippen LogP) is 3.34. The van der Waals surface area contributed by atoms with E-state index in [2.05, 4.69) is 11.1 Å². The first-order valence-corrected chi connectivity index (χ1v) is 5.13. The number of halogens is 1. The fourth-order valence-corrected chi connectivity index (χ4v) is 1.71. The molecule has 3 heteroatoms. The smallest absolute Gasteiger partial charge is 0.132 e. The number of ether oxygens (including phenoxy) is 1. The summed E-state index contributed by atoms with van der Waals surface area (Å²) in [5, 5.41) is 1.67. The maximum absolute atomic E-state index is 5.95. The number of aromatic nitrogens is 1. The number of benzene rings is 1. The van der Waals surface area contributed by atoms with Gasteiger partial charge in [0.15, 0.2) is 0 Å². The molecule has 0 spiro atoms. The quantitative estimate of drug-likeness (QED) is 0.726. The van der Waals surface area contributed by atoms with Crippen molar-refractivity contribution in [2.45, 2.75) is 13.5 Å². The van der Waals surface area contributed by atoms with Crippen molar-refractivity contribution < 1.29 is 4.74 Å². The Morgan fingerprint density at radius 3 is 2.87 bits per heavy atom. The Morgan fingerprint density at radius 1 is 1.33 bits per heavy atom. The molecular weight excluding hydrogens is 210 g/mol. The molecule has 15 heavy (non-hydrogen) atoms. The summed E-state index contributed by atoms with van der Waals surface area (Å²) < 4.78 is 5.08. The van der Waals surface area contributed by atoms with Crippen LogP contribution in [0.3, 0.4) is 0 Å². The van der Waals surface area contributed by atoms with Crippen LogP contribution in [0.5, 0.6) is 0 Å². The molecule has 0 unspecified atom stereocenters. The first-order valence-electron chi connectivity index (χ1n) is 4.75. The molecule has 0 aliphatic heterocycles. The molecule has 0 amide bonds. The molecule has 1 heterocycles. The van der Waals surface area contributed by atoms with E-state index in [-0.39, 0.29) is 0 Å². The van der Waals surface area contributed by atoms with Gasteiger partial charge in [-0.2, -0.15) is 0 Å². The zero-order valence-electron chi connectivity index (χ0n) is 8.75. The lowest BCUT2D eigenvalue weighted by Crippen LogP contribution is -1.89. The van der Waals surface area contributed by atoms with E-state index >= 15 is 0 Å². The van der Waals surface area contributed by atoms with Crippen molar-refractivity contribution in [3.8, 4) is 0 Å². The number of hydrogen-bond acceptors (Lipinski definition) is 2. The van der Waals surface area contributed by atoms with Gasteiger partial charge in [0.1, 0.15) is 5.15 Å². The van der Waals surface area contributed by atoms with E-state index in [1.807, 2.05) is 25.1 Å². The van der Waals surface area contributed by atoms with Crippen molar-refractivity contribution in [2.24, 2.45) is 0 Å². The summed E-state index contributed by atoms with van der Waals surface area (Å²) in [7, 11) is 1.69. The first kappa shape index (κ1) is 10.4. The normalized spacial score (nSPS) is 10.9. The second-order valence-corrected chi connectivity index (χ2v) is 3.91. The van der Waals surface area contributed by atoms with Gasteiger partial charge in [0, 0.05) is 12.5 Å². The van der Waals surface area contributed by atoms with Gasteiger partial charge in [-0.25, -0.2) is 4.98 Å². The van der Waals surface area contributed by atoms with E-state index in [1.54, 1.807) is 7.11 Å². The minimum absolute atomic E-state index is 0.571. The highest BCUT2D eigenvalue weighted by molar-refractivity contribution is 6.30. The molecule has 0 aliphatic rings. The van der Waals surface area contributed by atoms with Gasteiger partial charge in [-0.15, -0.1) is 0 Å². The highest BCUT2D eigenvalue weighted by atomic mass is 35.5. The molecule has 0 radical (unpaired) electrons. The van der Waals surface area contributed by atoms with E-state index in [0.717, 1.165) is 22.0 Å². The third-order valence-electron chi connectivity index (χ3n) is 2.32. The molecule has 0 aliphatic carbocycles. The summed E-state index contributed by atoms with van der Waals surface area (Å²) in [6, 6.07) is 8.10. The highest BCUT2D eigenvalue weighted by Gasteiger charge is 2.01. The first-order chi connectivity index (χ1) is 7.20. The van der Waals surface area contributed by atoms with Crippen LogP contribution in [-0.2, 0) is 11.3 Å². The van der Waals surface area contributed by atoms with Gasteiger partial charge in [0.2, 0.25) is 0 Å². The molecule has 0 saturated carbocycles. The number of aryl methyl sites for hydroxylation is 1. The van der Waals surface area contributed by atoms with Gasteiger partial charge in [-0.1, -0.05) is 17.7 Å². The monoisotopic (exact) mass is 221 g/mol. The second kappa shape index (κ2) is 4.17. The van der Waals surface area contributed by atoms with Crippen molar-refractivity contribution in [3.63, 3.8) is 0 Å². The summed E-state index contributed by atoms with van der Waals surface area (Å²) in [6.07, 6.45) is 0. The summed E-state index contributed by atoms with van der Waals surface area (Å²) >= 11 is 5.95. The molecule has 0 bridgehead atoms. The second-order valence-electron chi connectivity index (χ2n) is 3.56. The third kappa shape index (κ3) is 2.11. The Labute approximate surface area is 93.8 Å². The SMILES string of the molecule is COCc1ccc2nc(Cl)c(C)cc2c1. The van der Waals surface area contributed by atoms with Crippen molar-refractivity contribution in [1.82, 2.24) is 4.98 Å². The average Bonchev–Trinajstić information content (AvgIpc) is 2.21. The van der Waals surface area contributed by atoms with Crippen molar-refractivity contribution in [1.29, 1.82) is 0 Å². The van der Waals surface area contributed by atoms with Gasteiger partial charge in [0.25, 0.3) is 0 Å². The van der Waals surface area contributed by atoms with Crippen LogP contribution in [0.15, 0.2) is 24.3 Å². The topological polar surface area (TPSA) is 22.1 Å². The van der Waals surface area contributed by atoms with Gasteiger partial charge in [-0.05, 0) is 36.2 Å². The van der Waals surface area contributed by atoms with Crippen molar-refractivity contribution >= 4 is 22.5 Å². The molecule has 1 aromatic carbocycles. The fourth-order valence-electron chi connectivity index (χ4n) is 1.56. The molecule has 2 aromatic rings. The molecule has 78 valence electrons. The lowest BCUT2D eigenvalue weighted by Gasteiger charge is -2.04. The maximum atomic E-state index is 5.95. The number of hydrogen-bond donors (Lipinski definition) is 0. The lowest BCUT2D eigenvalue weighted by atomic mass is 10.1. The molecule has 2 rings (SSSR count). The zero-order chi connectivity index (χ0) is 10.8. The van der Waals surface area contributed by atoms with Gasteiger partial charge in [-0.3, -0.25) is 0 Å². The predicted molar refractivity (Wildman–Crippen MR) is 62.2 cm³/mol. The van der Waals surface area contributed by atoms with E-state index in [4.69, 9.17) is 16.3 Å². The summed E-state index contributed by atoms with van der Waals surface area (Å²) in [5.74, 6) is 0. The Hall–Kier alpha value is -1.12. The van der Waals surface area contributed by atoms with Gasteiger partial charge >= 0.3 is 0 Å². The van der Waals surface area contributed by atoms with E-state index in [1.165, 1.54) is 0 Å². The number of methoxy groups -OCH3 is 1. The van der Waals surface area contributed by atoms with Gasteiger partial charge < -0.3 is 4.74 Å². The fraction of sp³-hybridized carbons (Fsp3) is 0.250. The Morgan fingerprint density at radius 2 is 2.13 bits per heavy atom. The summed E-state index contributed by atoms with van der Waals surface area (Å²) in [6.45, 7) is 2.58. The number of fused-ring (bicyclic) bond motifs is 1. The minimum Gasteiger partial charge on any atom is -0.380 e. The number of nitrogens with zero attached hydrogens (tertiary/aromatic N) is 1. The maximum Gasteiger partial charge on any atom is 0.132 e.